The van der Waals surface area contributed by atoms with Gasteiger partial charge in [-0.05, 0) is 42.7 Å². The minimum atomic E-state index is -0.463. The first kappa shape index (κ1) is 19.2. The minimum absolute atomic E-state index is 0.140. The molecule has 0 spiro atoms. The Morgan fingerprint density at radius 3 is 2.66 bits per heavy atom. The van der Waals surface area contributed by atoms with Gasteiger partial charge in [0.2, 0.25) is 5.76 Å². The van der Waals surface area contributed by atoms with E-state index in [-0.39, 0.29) is 17.1 Å². The van der Waals surface area contributed by atoms with Gasteiger partial charge in [-0.3, -0.25) is 9.59 Å². The second kappa shape index (κ2) is 8.11. The van der Waals surface area contributed by atoms with E-state index >= 15 is 0 Å². The van der Waals surface area contributed by atoms with E-state index in [0.29, 0.717) is 29.7 Å². The van der Waals surface area contributed by atoms with Crippen LogP contribution in [0.3, 0.4) is 0 Å². The lowest BCUT2D eigenvalue weighted by Gasteiger charge is -2.25. The topological polar surface area (TPSA) is 59.8 Å². The monoisotopic (exact) mass is 391 g/mol. The summed E-state index contributed by atoms with van der Waals surface area (Å²) in [7, 11) is 0. The van der Waals surface area contributed by atoms with Crippen LogP contribution in [0.5, 0.6) is 5.75 Å². The summed E-state index contributed by atoms with van der Waals surface area (Å²) in [5.41, 5.74) is 1.60. The van der Waals surface area contributed by atoms with Crippen LogP contribution in [-0.2, 0) is 0 Å². The molecule has 0 aliphatic carbocycles. The fraction of sp³-hybridized carbons (Fsp3) is 0.333. The molecule has 150 valence electrons. The van der Waals surface area contributed by atoms with Crippen LogP contribution in [0.1, 0.15) is 60.8 Å². The fourth-order valence-electron chi connectivity index (χ4n) is 3.87. The van der Waals surface area contributed by atoms with Crippen LogP contribution >= 0.6 is 0 Å². The molecule has 1 aliphatic heterocycles. The SMILES string of the molecule is CCCCN1C(=O)c2oc3ccccc3c(=O)c2[C@H]1c1cccc(OCCC)c1. The molecule has 0 fully saturated rings. The number of hydrogen-bond acceptors (Lipinski definition) is 4. The van der Waals surface area contributed by atoms with Crippen molar-refractivity contribution in [2.75, 3.05) is 13.2 Å². The molecule has 1 aromatic heterocycles. The number of amides is 1. The van der Waals surface area contributed by atoms with E-state index in [0.717, 1.165) is 30.6 Å². The van der Waals surface area contributed by atoms with Crippen LogP contribution in [-0.4, -0.2) is 24.0 Å². The lowest BCUT2D eigenvalue weighted by molar-refractivity contribution is 0.0725. The number of para-hydroxylation sites is 1. The van der Waals surface area contributed by atoms with Gasteiger partial charge in [-0.15, -0.1) is 0 Å². The summed E-state index contributed by atoms with van der Waals surface area (Å²) in [4.78, 5) is 28.3. The second-order valence-electron chi connectivity index (χ2n) is 7.35. The third-order valence-electron chi connectivity index (χ3n) is 5.27. The zero-order valence-electron chi connectivity index (χ0n) is 16.8. The summed E-state index contributed by atoms with van der Waals surface area (Å²) in [5.74, 6) is 0.682. The summed E-state index contributed by atoms with van der Waals surface area (Å²) in [6, 6.07) is 14.3. The number of carbonyl (C=O) groups excluding carboxylic acids is 1. The zero-order valence-corrected chi connectivity index (χ0v) is 16.8. The largest absolute Gasteiger partial charge is 0.494 e. The third-order valence-corrected chi connectivity index (χ3v) is 5.27. The number of ether oxygens (including phenoxy) is 1. The van der Waals surface area contributed by atoms with Crippen molar-refractivity contribution in [1.29, 1.82) is 0 Å². The molecule has 2 heterocycles. The molecule has 0 saturated carbocycles. The molecule has 1 atom stereocenters. The van der Waals surface area contributed by atoms with Crippen molar-refractivity contribution in [2.24, 2.45) is 0 Å². The number of carbonyl (C=O) groups is 1. The molecule has 29 heavy (non-hydrogen) atoms. The van der Waals surface area contributed by atoms with Gasteiger partial charge in [-0.25, -0.2) is 0 Å². The Bertz CT molecular complexity index is 1100. The Balaban J connectivity index is 1.88. The molecule has 1 amide bonds. The molecular formula is C24H25NO4. The molecule has 5 heteroatoms. The molecule has 0 N–H and O–H groups in total. The minimum Gasteiger partial charge on any atom is -0.494 e. The number of fused-ring (bicyclic) bond motifs is 2. The van der Waals surface area contributed by atoms with Crippen molar-refractivity contribution in [3.63, 3.8) is 0 Å². The summed E-state index contributed by atoms with van der Waals surface area (Å²) in [5, 5.41) is 0.500. The number of unbranched alkanes of at least 4 members (excludes halogenated alkanes) is 1. The van der Waals surface area contributed by atoms with Gasteiger partial charge in [-0.2, -0.15) is 0 Å². The number of hydrogen-bond donors (Lipinski definition) is 0. The molecule has 0 bridgehead atoms. The molecule has 2 aromatic carbocycles. The molecule has 3 aromatic rings. The standard InChI is InChI=1S/C24H25NO4/c1-3-5-13-25-21(16-9-8-10-17(15-16)28-14-4-2)20-22(26)18-11-6-7-12-19(18)29-23(20)24(25)27/h6-12,15,21H,3-5,13-14H2,1-2H3/t21-/m1/s1. The Morgan fingerprint density at radius 1 is 1.03 bits per heavy atom. The van der Waals surface area contributed by atoms with Gasteiger partial charge in [0, 0.05) is 6.54 Å². The average Bonchev–Trinajstić information content (AvgIpc) is 3.03. The van der Waals surface area contributed by atoms with E-state index in [1.165, 1.54) is 0 Å². The van der Waals surface area contributed by atoms with Crippen LogP contribution in [0.25, 0.3) is 11.0 Å². The number of rotatable bonds is 7. The molecular weight excluding hydrogens is 366 g/mol. The van der Waals surface area contributed by atoms with Crippen molar-refractivity contribution in [2.45, 2.75) is 39.2 Å². The highest BCUT2D eigenvalue weighted by atomic mass is 16.5. The zero-order chi connectivity index (χ0) is 20.4. The van der Waals surface area contributed by atoms with Crippen molar-refractivity contribution >= 4 is 16.9 Å². The van der Waals surface area contributed by atoms with Gasteiger partial charge in [0.05, 0.1) is 23.6 Å². The van der Waals surface area contributed by atoms with E-state index in [9.17, 15) is 9.59 Å². The predicted molar refractivity (Wildman–Crippen MR) is 112 cm³/mol. The number of nitrogens with zero attached hydrogens (tertiary/aromatic N) is 1. The Morgan fingerprint density at radius 2 is 1.86 bits per heavy atom. The van der Waals surface area contributed by atoms with Gasteiger partial charge >= 0.3 is 0 Å². The van der Waals surface area contributed by atoms with Crippen LogP contribution < -0.4 is 10.2 Å². The highest BCUT2D eigenvalue weighted by Crippen LogP contribution is 2.39. The smallest absolute Gasteiger partial charge is 0.290 e. The average molecular weight is 391 g/mol. The summed E-state index contributed by atoms with van der Waals surface area (Å²) < 4.78 is 11.7. The van der Waals surface area contributed by atoms with E-state index in [4.69, 9.17) is 9.15 Å². The van der Waals surface area contributed by atoms with Gasteiger partial charge < -0.3 is 14.1 Å². The van der Waals surface area contributed by atoms with Gasteiger partial charge in [0.25, 0.3) is 5.91 Å². The highest BCUT2D eigenvalue weighted by molar-refractivity contribution is 5.99. The summed E-state index contributed by atoms with van der Waals surface area (Å²) in [6.45, 7) is 5.33. The van der Waals surface area contributed by atoms with Gasteiger partial charge in [0.1, 0.15) is 11.3 Å². The van der Waals surface area contributed by atoms with Crippen molar-refractivity contribution < 1.29 is 13.9 Å². The Kier molecular flexibility index (Phi) is 5.38. The maximum atomic E-state index is 13.4. The second-order valence-corrected chi connectivity index (χ2v) is 7.35. The number of benzene rings is 2. The van der Waals surface area contributed by atoms with Crippen molar-refractivity contribution in [3.05, 3.63) is 75.6 Å². The van der Waals surface area contributed by atoms with Crippen molar-refractivity contribution in [1.82, 2.24) is 4.90 Å². The first-order valence-corrected chi connectivity index (χ1v) is 10.2. The lowest BCUT2D eigenvalue weighted by atomic mass is 9.98. The molecule has 0 radical (unpaired) electrons. The Hall–Kier alpha value is -3.08. The van der Waals surface area contributed by atoms with Crippen LogP contribution in [0.2, 0.25) is 0 Å². The first-order chi connectivity index (χ1) is 14.2. The third kappa shape index (κ3) is 3.41. The molecule has 0 unspecified atom stereocenters. The lowest BCUT2D eigenvalue weighted by Crippen LogP contribution is -2.30. The summed E-state index contributed by atoms with van der Waals surface area (Å²) in [6.07, 6.45) is 2.72. The maximum Gasteiger partial charge on any atom is 0.290 e. The molecule has 5 nitrogen and oxygen atoms in total. The van der Waals surface area contributed by atoms with Crippen LogP contribution in [0.15, 0.2) is 57.7 Å². The quantitative estimate of drug-likeness (QED) is 0.573. The molecule has 0 saturated heterocycles. The van der Waals surface area contributed by atoms with E-state index < -0.39 is 6.04 Å². The van der Waals surface area contributed by atoms with E-state index in [2.05, 4.69) is 13.8 Å². The van der Waals surface area contributed by atoms with E-state index in [1.807, 2.05) is 30.3 Å². The Labute approximate surface area is 169 Å². The van der Waals surface area contributed by atoms with Crippen molar-refractivity contribution in [3.8, 4) is 5.75 Å². The fourth-order valence-corrected chi connectivity index (χ4v) is 3.87. The predicted octanol–water partition coefficient (Wildman–Crippen LogP) is 4.93. The highest BCUT2D eigenvalue weighted by Gasteiger charge is 2.42. The first-order valence-electron chi connectivity index (χ1n) is 10.2. The van der Waals surface area contributed by atoms with Crippen LogP contribution in [0.4, 0.5) is 0 Å². The molecule has 1 aliphatic rings. The maximum absolute atomic E-state index is 13.4. The summed E-state index contributed by atoms with van der Waals surface area (Å²) >= 11 is 0. The molecule has 4 rings (SSSR count). The van der Waals surface area contributed by atoms with Crippen LogP contribution in [0, 0.1) is 0 Å². The normalized spacial score (nSPS) is 15.7. The van der Waals surface area contributed by atoms with Gasteiger partial charge in [0.15, 0.2) is 5.43 Å². The van der Waals surface area contributed by atoms with Gasteiger partial charge in [-0.1, -0.05) is 44.5 Å². The van der Waals surface area contributed by atoms with E-state index in [1.54, 1.807) is 23.1 Å².